The van der Waals surface area contributed by atoms with Crippen molar-refractivity contribution in [1.82, 2.24) is 0 Å². The second-order valence-electron chi connectivity index (χ2n) is 7.50. The lowest BCUT2D eigenvalue weighted by Gasteiger charge is -2.06. The molecule has 0 unspecified atom stereocenters. The van der Waals surface area contributed by atoms with Crippen LogP contribution in [0.3, 0.4) is 0 Å². The Kier molecular flexibility index (Phi) is 7.02. The van der Waals surface area contributed by atoms with E-state index in [-0.39, 0.29) is 23.1 Å². The molecule has 4 rings (SSSR count). The van der Waals surface area contributed by atoms with Crippen LogP contribution >= 0.6 is 34.3 Å². The summed E-state index contributed by atoms with van der Waals surface area (Å²) < 4.78 is 6.09. The van der Waals surface area contributed by atoms with Crippen LogP contribution in [0.4, 0.5) is 10.7 Å². The van der Waals surface area contributed by atoms with Gasteiger partial charge in [-0.1, -0.05) is 41.9 Å². The molecule has 0 aliphatic heterocycles. The number of aryl methyl sites for hydroxylation is 1. The lowest BCUT2D eigenvalue weighted by atomic mass is 10.1. The SMILES string of the molecule is CCOC(=O)c1c(NC(=O)c2sc3cc(C)ccc3c2Cl)sc(C(=O)Nc2ccccc2)c1C. The fourth-order valence-corrected chi connectivity index (χ4v) is 6.05. The van der Waals surface area contributed by atoms with Crippen LogP contribution in [0.1, 0.15) is 47.8 Å². The molecule has 0 spiro atoms. The molecule has 2 N–H and O–H groups in total. The summed E-state index contributed by atoms with van der Waals surface area (Å²) in [5.74, 6) is -1.44. The summed E-state index contributed by atoms with van der Waals surface area (Å²) in [5.41, 5.74) is 2.28. The third-order valence-corrected chi connectivity index (χ3v) is 7.94. The van der Waals surface area contributed by atoms with Gasteiger partial charge in [0, 0.05) is 15.8 Å². The first-order valence-electron chi connectivity index (χ1n) is 10.5. The molecule has 4 aromatic rings. The van der Waals surface area contributed by atoms with E-state index >= 15 is 0 Å². The number of benzene rings is 2. The van der Waals surface area contributed by atoms with Crippen molar-refractivity contribution < 1.29 is 19.1 Å². The number of anilines is 2. The number of thiophene rings is 2. The van der Waals surface area contributed by atoms with Crippen molar-refractivity contribution in [3.63, 3.8) is 0 Å². The highest BCUT2D eigenvalue weighted by molar-refractivity contribution is 7.22. The van der Waals surface area contributed by atoms with Crippen molar-refractivity contribution in [1.29, 1.82) is 0 Å². The van der Waals surface area contributed by atoms with E-state index in [4.69, 9.17) is 16.3 Å². The lowest BCUT2D eigenvalue weighted by Crippen LogP contribution is -2.14. The second-order valence-corrected chi connectivity index (χ2v) is 9.95. The molecule has 9 heteroatoms. The molecule has 0 saturated heterocycles. The van der Waals surface area contributed by atoms with Gasteiger partial charge in [-0.25, -0.2) is 4.79 Å². The quantitative estimate of drug-likeness (QED) is 0.275. The van der Waals surface area contributed by atoms with Gasteiger partial charge in [-0.3, -0.25) is 9.59 Å². The number of para-hydroxylation sites is 1. The van der Waals surface area contributed by atoms with Crippen molar-refractivity contribution in [2.24, 2.45) is 0 Å². The van der Waals surface area contributed by atoms with Crippen LogP contribution in [0.2, 0.25) is 5.02 Å². The van der Waals surface area contributed by atoms with Crippen LogP contribution in [0.15, 0.2) is 48.5 Å². The van der Waals surface area contributed by atoms with Gasteiger partial charge in [0.1, 0.15) is 9.88 Å². The Hall–Kier alpha value is -3.20. The summed E-state index contributed by atoms with van der Waals surface area (Å²) in [6, 6.07) is 14.8. The van der Waals surface area contributed by atoms with Crippen molar-refractivity contribution >= 4 is 72.8 Å². The molecule has 2 amide bonds. The van der Waals surface area contributed by atoms with E-state index in [0.717, 1.165) is 27.0 Å². The standard InChI is InChI=1S/C25H21ClN2O4S2/c1-4-32-25(31)18-14(3)20(22(29)27-15-8-6-5-7-9-15)34-24(18)28-23(30)21-19(26)16-11-10-13(2)12-17(16)33-21/h5-12H,4H2,1-3H3,(H,27,29)(H,28,30). The van der Waals surface area contributed by atoms with E-state index in [9.17, 15) is 14.4 Å². The smallest absolute Gasteiger partial charge is 0.341 e. The largest absolute Gasteiger partial charge is 0.462 e. The van der Waals surface area contributed by atoms with Crippen LogP contribution in [0, 0.1) is 13.8 Å². The van der Waals surface area contributed by atoms with Gasteiger partial charge in [-0.05, 0) is 50.1 Å². The van der Waals surface area contributed by atoms with Crippen molar-refractivity contribution in [2.45, 2.75) is 20.8 Å². The van der Waals surface area contributed by atoms with E-state index in [0.29, 0.717) is 26.0 Å². The van der Waals surface area contributed by atoms with Crippen molar-refractivity contribution in [3.05, 3.63) is 80.0 Å². The molecule has 2 heterocycles. The van der Waals surface area contributed by atoms with E-state index < -0.39 is 11.9 Å². The molecule has 174 valence electrons. The average molecular weight is 513 g/mol. The Bertz CT molecular complexity index is 1410. The number of amides is 2. The maximum atomic E-state index is 13.2. The number of nitrogens with one attached hydrogen (secondary N) is 2. The molecule has 6 nitrogen and oxygen atoms in total. The molecule has 0 aliphatic carbocycles. The minimum Gasteiger partial charge on any atom is -0.462 e. The molecule has 0 atom stereocenters. The molecule has 2 aromatic heterocycles. The summed E-state index contributed by atoms with van der Waals surface area (Å²) in [4.78, 5) is 39.5. The Labute approximate surface area is 209 Å². The van der Waals surface area contributed by atoms with Crippen LogP contribution in [-0.4, -0.2) is 24.4 Å². The highest BCUT2D eigenvalue weighted by atomic mass is 35.5. The van der Waals surface area contributed by atoms with Gasteiger partial charge in [0.05, 0.1) is 22.1 Å². The number of esters is 1. The number of rotatable bonds is 6. The predicted octanol–water partition coefficient (Wildman–Crippen LogP) is 6.91. The molecule has 34 heavy (non-hydrogen) atoms. The van der Waals surface area contributed by atoms with Crippen LogP contribution in [0.5, 0.6) is 0 Å². The molecule has 0 saturated carbocycles. The zero-order chi connectivity index (χ0) is 24.4. The fraction of sp³-hybridized carbons (Fsp3) is 0.160. The van der Waals surface area contributed by atoms with Gasteiger partial charge < -0.3 is 15.4 Å². The van der Waals surface area contributed by atoms with Gasteiger partial charge in [-0.15, -0.1) is 22.7 Å². The number of carbonyl (C=O) groups excluding carboxylic acids is 3. The lowest BCUT2D eigenvalue weighted by molar-refractivity contribution is 0.0527. The Morgan fingerprint density at radius 2 is 1.65 bits per heavy atom. The molecule has 0 aliphatic rings. The Morgan fingerprint density at radius 1 is 0.941 bits per heavy atom. The van der Waals surface area contributed by atoms with E-state index in [1.807, 2.05) is 43.3 Å². The average Bonchev–Trinajstić information content (AvgIpc) is 3.30. The van der Waals surface area contributed by atoms with E-state index in [1.54, 1.807) is 26.0 Å². The second kappa shape index (κ2) is 9.97. The zero-order valence-electron chi connectivity index (χ0n) is 18.7. The highest BCUT2D eigenvalue weighted by Gasteiger charge is 2.28. The molecular formula is C25H21ClN2O4S2. The first-order chi connectivity index (χ1) is 16.3. The van der Waals surface area contributed by atoms with Crippen molar-refractivity contribution in [2.75, 3.05) is 17.2 Å². The first kappa shape index (κ1) is 23.9. The summed E-state index contributed by atoms with van der Waals surface area (Å²) in [6.45, 7) is 5.48. The summed E-state index contributed by atoms with van der Waals surface area (Å²) in [6.07, 6.45) is 0. The highest BCUT2D eigenvalue weighted by Crippen LogP contribution is 2.38. The maximum absolute atomic E-state index is 13.2. The summed E-state index contributed by atoms with van der Waals surface area (Å²) in [5, 5.41) is 6.98. The predicted molar refractivity (Wildman–Crippen MR) is 139 cm³/mol. The number of carbonyl (C=O) groups is 3. The maximum Gasteiger partial charge on any atom is 0.341 e. The topological polar surface area (TPSA) is 84.5 Å². The number of halogens is 1. The normalized spacial score (nSPS) is 10.8. The molecule has 2 aromatic carbocycles. The molecule has 0 bridgehead atoms. The first-order valence-corrected chi connectivity index (χ1v) is 12.5. The van der Waals surface area contributed by atoms with Gasteiger partial charge >= 0.3 is 5.97 Å². The minimum absolute atomic E-state index is 0.159. The Morgan fingerprint density at radius 3 is 2.35 bits per heavy atom. The minimum atomic E-state index is -0.608. The van der Waals surface area contributed by atoms with Gasteiger partial charge in [0.25, 0.3) is 11.8 Å². The fourth-order valence-electron chi connectivity index (χ4n) is 3.45. The number of hydrogen-bond acceptors (Lipinski definition) is 6. The zero-order valence-corrected chi connectivity index (χ0v) is 21.0. The van der Waals surface area contributed by atoms with Crippen LogP contribution in [0.25, 0.3) is 10.1 Å². The molecular weight excluding hydrogens is 492 g/mol. The number of hydrogen-bond donors (Lipinski definition) is 2. The molecule has 0 fully saturated rings. The van der Waals surface area contributed by atoms with Gasteiger partial charge in [0.15, 0.2) is 0 Å². The Balaban J connectivity index is 1.69. The van der Waals surface area contributed by atoms with Crippen LogP contribution < -0.4 is 10.6 Å². The monoisotopic (exact) mass is 512 g/mol. The number of ether oxygens (including phenoxy) is 1. The third-order valence-electron chi connectivity index (χ3n) is 5.08. The molecule has 0 radical (unpaired) electrons. The van der Waals surface area contributed by atoms with E-state index in [2.05, 4.69) is 10.6 Å². The third kappa shape index (κ3) is 4.70. The van der Waals surface area contributed by atoms with Crippen LogP contribution in [-0.2, 0) is 4.74 Å². The van der Waals surface area contributed by atoms with Crippen molar-refractivity contribution in [3.8, 4) is 0 Å². The number of fused-ring (bicyclic) bond motifs is 1. The van der Waals surface area contributed by atoms with Gasteiger partial charge in [0.2, 0.25) is 0 Å². The van der Waals surface area contributed by atoms with Gasteiger partial charge in [-0.2, -0.15) is 0 Å². The summed E-state index contributed by atoms with van der Waals surface area (Å²) >= 11 is 8.79. The summed E-state index contributed by atoms with van der Waals surface area (Å²) in [7, 11) is 0. The van der Waals surface area contributed by atoms with E-state index in [1.165, 1.54) is 11.3 Å².